The van der Waals surface area contributed by atoms with Crippen molar-refractivity contribution >= 4 is 15.9 Å². The smallest absolute Gasteiger partial charge is 0.0761 e. The normalized spacial score (nSPS) is 36.6. The van der Waals surface area contributed by atoms with Crippen LogP contribution < -0.4 is 28.7 Å². The summed E-state index contributed by atoms with van der Waals surface area (Å²) >= 11 is 3.30. The number of rotatable bonds is 3. The maximum Gasteiger partial charge on any atom is 0.0761 e. The molecule has 0 aliphatic heterocycles. The number of hydrogen-bond donors (Lipinski definition) is 5. The Bertz CT molecular complexity index is 199. The van der Waals surface area contributed by atoms with Crippen molar-refractivity contribution < 1.29 is 0 Å². The first-order valence-corrected chi connectivity index (χ1v) is 6.27. The quantitative estimate of drug-likeness (QED) is 0.257. The molecule has 90 valence electrons. The fourth-order valence-corrected chi connectivity index (χ4v) is 2.78. The van der Waals surface area contributed by atoms with E-state index in [1.807, 2.05) is 0 Å². The van der Waals surface area contributed by atoms with E-state index < -0.39 is 0 Å². The minimum Gasteiger partial charge on any atom is -0.327 e. The number of hydrogen-bond acceptors (Lipinski definition) is 5. The SMILES string of the molecule is NC(N)C1CCC(C(N)C(N)Br)CC1N. The summed E-state index contributed by atoms with van der Waals surface area (Å²) in [5.41, 5.74) is 29.1. The Balaban J connectivity index is 2.50. The summed E-state index contributed by atoms with van der Waals surface area (Å²) in [5, 5.41) is 0. The lowest BCUT2D eigenvalue weighted by Crippen LogP contribution is -2.54. The lowest BCUT2D eigenvalue weighted by molar-refractivity contribution is 0.189. The molecule has 5 unspecified atom stereocenters. The molecular weight excluding hydrogens is 258 g/mol. The molecule has 0 radical (unpaired) electrons. The fourth-order valence-electron chi connectivity index (χ4n) is 2.35. The van der Waals surface area contributed by atoms with Crippen LogP contribution >= 0.6 is 15.9 Å². The van der Waals surface area contributed by atoms with Crippen LogP contribution in [0.4, 0.5) is 0 Å². The molecule has 0 aromatic rings. The van der Waals surface area contributed by atoms with E-state index in [0.717, 1.165) is 19.3 Å². The molecule has 0 amide bonds. The molecule has 1 aliphatic rings. The van der Waals surface area contributed by atoms with Gasteiger partial charge in [-0.25, -0.2) is 0 Å². The first-order valence-electron chi connectivity index (χ1n) is 5.35. The molecule has 0 bridgehead atoms. The highest BCUT2D eigenvalue weighted by Gasteiger charge is 2.34. The second-order valence-electron chi connectivity index (χ2n) is 4.50. The topological polar surface area (TPSA) is 130 Å². The highest BCUT2D eigenvalue weighted by molar-refractivity contribution is 9.09. The molecule has 1 aliphatic carbocycles. The third kappa shape index (κ3) is 3.37. The lowest BCUT2D eigenvalue weighted by Gasteiger charge is -2.38. The number of halogens is 1. The Kier molecular flexibility index (Phi) is 4.95. The van der Waals surface area contributed by atoms with Gasteiger partial charge < -0.3 is 28.7 Å². The van der Waals surface area contributed by atoms with Crippen molar-refractivity contribution in [3.63, 3.8) is 0 Å². The van der Waals surface area contributed by atoms with E-state index in [1.165, 1.54) is 0 Å². The summed E-state index contributed by atoms with van der Waals surface area (Å²) < 4.78 is 0. The van der Waals surface area contributed by atoms with Crippen LogP contribution in [0.2, 0.25) is 0 Å². The summed E-state index contributed by atoms with van der Waals surface area (Å²) in [6, 6.07) is -0.00736. The number of alkyl halides is 1. The molecule has 5 nitrogen and oxygen atoms in total. The molecule has 5 atom stereocenters. The van der Waals surface area contributed by atoms with E-state index >= 15 is 0 Å². The van der Waals surface area contributed by atoms with Crippen molar-refractivity contribution in [3.05, 3.63) is 0 Å². The molecule has 1 rings (SSSR count). The third-order valence-corrected chi connectivity index (χ3v) is 4.01. The average molecular weight is 280 g/mol. The zero-order chi connectivity index (χ0) is 11.6. The first kappa shape index (κ1) is 13.3. The second kappa shape index (κ2) is 5.56. The molecule has 0 aromatic heterocycles. The van der Waals surface area contributed by atoms with Crippen LogP contribution in [0.25, 0.3) is 0 Å². The minimum absolute atomic E-state index is 0.0426. The Morgan fingerprint density at radius 1 is 1.07 bits per heavy atom. The van der Waals surface area contributed by atoms with E-state index in [0.29, 0.717) is 5.92 Å². The third-order valence-electron chi connectivity index (χ3n) is 3.40. The van der Waals surface area contributed by atoms with Crippen LogP contribution in [0.1, 0.15) is 19.3 Å². The van der Waals surface area contributed by atoms with Crippen molar-refractivity contribution in [1.29, 1.82) is 0 Å². The summed E-state index contributed by atoms with van der Waals surface area (Å²) in [6.07, 6.45) is 2.48. The fraction of sp³-hybridized carbons (Fsp3) is 1.00. The van der Waals surface area contributed by atoms with Crippen molar-refractivity contribution in [2.45, 2.75) is 42.5 Å². The molecule has 0 spiro atoms. The van der Waals surface area contributed by atoms with E-state index in [2.05, 4.69) is 15.9 Å². The summed E-state index contributed by atoms with van der Waals surface area (Å²) in [4.78, 5) is -0.169. The van der Waals surface area contributed by atoms with E-state index in [-0.39, 0.29) is 29.1 Å². The van der Waals surface area contributed by atoms with Crippen LogP contribution in [0.15, 0.2) is 0 Å². The van der Waals surface area contributed by atoms with Crippen molar-refractivity contribution in [1.82, 2.24) is 0 Å². The van der Waals surface area contributed by atoms with Crippen molar-refractivity contribution in [3.8, 4) is 0 Å². The van der Waals surface area contributed by atoms with E-state index in [9.17, 15) is 0 Å². The van der Waals surface area contributed by atoms with Gasteiger partial charge in [0.15, 0.2) is 0 Å². The summed E-state index contributed by atoms with van der Waals surface area (Å²) in [6.45, 7) is 0. The van der Waals surface area contributed by atoms with Crippen LogP contribution in [0.3, 0.4) is 0 Å². The van der Waals surface area contributed by atoms with Gasteiger partial charge in [-0.3, -0.25) is 0 Å². The van der Waals surface area contributed by atoms with Gasteiger partial charge in [0, 0.05) is 18.0 Å². The molecule has 15 heavy (non-hydrogen) atoms. The molecule has 1 fully saturated rings. The van der Waals surface area contributed by atoms with Gasteiger partial charge in [-0.2, -0.15) is 0 Å². The summed E-state index contributed by atoms with van der Waals surface area (Å²) in [5.74, 6) is 0.573. The Morgan fingerprint density at radius 3 is 2.07 bits per heavy atom. The molecular formula is C9H22BrN5. The van der Waals surface area contributed by atoms with Crippen LogP contribution in [0, 0.1) is 11.8 Å². The standard InChI is InChI=1S/C9H22BrN5/c10-8(13)7(12)4-1-2-5(9(14)15)6(11)3-4/h4-9H,1-3,11-15H2. The van der Waals surface area contributed by atoms with Crippen LogP contribution in [0.5, 0.6) is 0 Å². The molecule has 0 heterocycles. The van der Waals surface area contributed by atoms with Gasteiger partial charge in [0.1, 0.15) is 0 Å². The van der Waals surface area contributed by atoms with Gasteiger partial charge >= 0.3 is 0 Å². The van der Waals surface area contributed by atoms with Crippen LogP contribution in [-0.2, 0) is 0 Å². The molecule has 0 aromatic carbocycles. The predicted octanol–water partition coefficient (Wildman–Crippen LogP) is -1.02. The van der Waals surface area contributed by atoms with Gasteiger partial charge in [-0.1, -0.05) is 15.9 Å². The first-order chi connectivity index (χ1) is 6.93. The van der Waals surface area contributed by atoms with E-state index in [1.54, 1.807) is 0 Å². The number of nitrogens with two attached hydrogens (primary N) is 5. The second-order valence-corrected chi connectivity index (χ2v) is 5.56. The molecule has 10 N–H and O–H groups in total. The van der Waals surface area contributed by atoms with Gasteiger partial charge in [-0.15, -0.1) is 0 Å². The molecule has 6 heteroatoms. The summed E-state index contributed by atoms with van der Waals surface area (Å²) in [7, 11) is 0. The van der Waals surface area contributed by atoms with Crippen LogP contribution in [-0.4, -0.2) is 23.2 Å². The highest BCUT2D eigenvalue weighted by atomic mass is 79.9. The zero-order valence-electron chi connectivity index (χ0n) is 8.85. The maximum atomic E-state index is 6.04. The zero-order valence-corrected chi connectivity index (χ0v) is 10.4. The molecule has 1 saturated carbocycles. The molecule has 0 saturated heterocycles. The van der Waals surface area contributed by atoms with Gasteiger partial charge in [0.25, 0.3) is 0 Å². The average Bonchev–Trinajstić information content (AvgIpc) is 2.15. The van der Waals surface area contributed by atoms with Crippen molar-refractivity contribution in [2.75, 3.05) is 0 Å². The maximum absolute atomic E-state index is 6.04. The highest BCUT2D eigenvalue weighted by Crippen LogP contribution is 2.31. The van der Waals surface area contributed by atoms with Gasteiger partial charge in [-0.05, 0) is 25.2 Å². The van der Waals surface area contributed by atoms with Crippen molar-refractivity contribution in [2.24, 2.45) is 40.5 Å². The lowest BCUT2D eigenvalue weighted by atomic mass is 9.75. The Morgan fingerprint density at radius 2 is 1.67 bits per heavy atom. The Hall–Kier alpha value is 0.280. The van der Waals surface area contributed by atoms with Gasteiger partial charge in [0.05, 0.1) is 11.1 Å². The van der Waals surface area contributed by atoms with E-state index in [4.69, 9.17) is 28.7 Å². The minimum atomic E-state index is -0.324. The Labute approximate surface area is 99.2 Å². The predicted molar refractivity (Wildman–Crippen MR) is 65.8 cm³/mol. The largest absolute Gasteiger partial charge is 0.327 e. The monoisotopic (exact) mass is 279 g/mol. The van der Waals surface area contributed by atoms with Gasteiger partial charge in [0.2, 0.25) is 0 Å².